The Kier molecular flexibility index (Phi) is 6.47. The predicted octanol–water partition coefficient (Wildman–Crippen LogP) is 3.49. The summed E-state index contributed by atoms with van der Waals surface area (Å²) in [6.07, 6.45) is 0.276. The SMILES string of the molecule is CN(c1ccc(OC(=O)CCCN2C(=O)c3ccccc3C2=O)cc1)S(=O)(=O)c1ccccc1. The number of hydrogen-bond donors (Lipinski definition) is 0. The number of carbonyl (C=O) groups is 3. The summed E-state index contributed by atoms with van der Waals surface area (Å²) in [5.41, 5.74) is 1.15. The Morgan fingerprint density at radius 2 is 1.41 bits per heavy atom. The first-order chi connectivity index (χ1) is 16.3. The Morgan fingerprint density at radius 3 is 2.00 bits per heavy atom. The standard InChI is InChI=1S/C25H22N2O6S/c1-26(34(31,32)20-8-3-2-4-9-20)18-13-15-19(16-14-18)33-23(28)12-7-17-27-24(29)21-10-5-6-11-22(21)25(27)30/h2-6,8-11,13-16H,7,12,17H2,1H3. The number of fused-ring (bicyclic) bond motifs is 1. The molecule has 0 N–H and O–H groups in total. The molecule has 0 aliphatic carbocycles. The summed E-state index contributed by atoms with van der Waals surface area (Å²) in [6, 6.07) is 20.8. The maximum absolute atomic E-state index is 12.7. The summed E-state index contributed by atoms with van der Waals surface area (Å²) in [5.74, 6) is -0.979. The minimum absolute atomic E-state index is 0.0114. The van der Waals surface area contributed by atoms with E-state index in [1.54, 1.807) is 54.6 Å². The van der Waals surface area contributed by atoms with Gasteiger partial charge in [-0.3, -0.25) is 23.6 Å². The Bertz CT molecular complexity index is 1300. The van der Waals surface area contributed by atoms with Crippen molar-refractivity contribution in [3.8, 4) is 5.75 Å². The van der Waals surface area contributed by atoms with Gasteiger partial charge < -0.3 is 4.74 Å². The molecule has 0 saturated carbocycles. The second kappa shape index (κ2) is 9.48. The van der Waals surface area contributed by atoms with Crippen LogP contribution in [0.15, 0.2) is 83.8 Å². The van der Waals surface area contributed by atoms with Crippen LogP contribution < -0.4 is 9.04 Å². The number of esters is 1. The van der Waals surface area contributed by atoms with Crippen molar-refractivity contribution >= 4 is 33.5 Å². The molecular formula is C25H22N2O6S. The van der Waals surface area contributed by atoms with Crippen LogP contribution in [0.3, 0.4) is 0 Å². The Labute approximate surface area is 197 Å². The highest BCUT2D eigenvalue weighted by Gasteiger charge is 2.34. The second-order valence-corrected chi connectivity index (χ2v) is 9.63. The number of ether oxygens (including phenoxy) is 1. The quantitative estimate of drug-likeness (QED) is 0.279. The molecular weight excluding hydrogens is 456 g/mol. The molecule has 34 heavy (non-hydrogen) atoms. The zero-order valence-electron chi connectivity index (χ0n) is 18.4. The number of sulfonamides is 1. The molecule has 8 nitrogen and oxygen atoms in total. The second-order valence-electron chi connectivity index (χ2n) is 7.66. The molecule has 0 fully saturated rings. The molecule has 4 rings (SSSR count). The van der Waals surface area contributed by atoms with Crippen molar-refractivity contribution in [1.82, 2.24) is 4.90 Å². The van der Waals surface area contributed by atoms with Gasteiger partial charge in [-0.25, -0.2) is 8.42 Å². The summed E-state index contributed by atoms with van der Waals surface area (Å²) in [6.45, 7) is 0.114. The minimum Gasteiger partial charge on any atom is -0.427 e. The maximum atomic E-state index is 12.7. The van der Waals surface area contributed by atoms with E-state index < -0.39 is 16.0 Å². The number of benzene rings is 3. The molecule has 1 aliphatic heterocycles. The first-order valence-electron chi connectivity index (χ1n) is 10.6. The Hall–Kier alpha value is -3.98. The van der Waals surface area contributed by atoms with Crippen LogP contribution in [0.5, 0.6) is 5.75 Å². The van der Waals surface area contributed by atoms with Crippen LogP contribution in [0.1, 0.15) is 33.6 Å². The van der Waals surface area contributed by atoms with Crippen molar-refractivity contribution in [1.29, 1.82) is 0 Å². The number of amides is 2. The molecule has 2 amide bonds. The van der Waals surface area contributed by atoms with E-state index >= 15 is 0 Å². The highest BCUT2D eigenvalue weighted by molar-refractivity contribution is 7.92. The summed E-state index contributed by atoms with van der Waals surface area (Å²) in [5, 5.41) is 0. The van der Waals surface area contributed by atoms with Crippen LogP contribution in [0.2, 0.25) is 0 Å². The van der Waals surface area contributed by atoms with Crippen molar-refractivity contribution in [2.45, 2.75) is 17.7 Å². The topological polar surface area (TPSA) is 101 Å². The fourth-order valence-corrected chi connectivity index (χ4v) is 4.84. The van der Waals surface area contributed by atoms with E-state index in [1.165, 1.54) is 31.3 Å². The fraction of sp³-hybridized carbons (Fsp3) is 0.160. The highest BCUT2D eigenvalue weighted by atomic mass is 32.2. The van der Waals surface area contributed by atoms with E-state index in [1.807, 2.05) is 0 Å². The summed E-state index contributed by atoms with van der Waals surface area (Å²) < 4.78 is 31.9. The lowest BCUT2D eigenvalue weighted by Gasteiger charge is -2.19. The van der Waals surface area contributed by atoms with E-state index in [2.05, 4.69) is 0 Å². The van der Waals surface area contributed by atoms with Gasteiger partial charge in [0.15, 0.2) is 0 Å². The van der Waals surface area contributed by atoms with Gasteiger partial charge in [0.05, 0.1) is 21.7 Å². The number of imide groups is 1. The largest absolute Gasteiger partial charge is 0.427 e. The molecule has 0 atom stereocenters. The lowest BCUT2D eigenvalue weighted by atomic mass is 10.1. The normalized spacial score (nSPS) is 13.0. The molecule has 0 spiro atoms. The van der Waals surface area contributed by atoms with Crippen LogP contribution in [0, 0.1) is 0 Å². The van der Waals surface area contributed by atoms with Crippen molar-refractivity contribution in [2.75, 3.05) is 17.9 Å². The van der Waals surface area contributed by atoms with Gasteiger partial charge >= 0.3 is 5.97 Å². The van der Waals surface area contributed by atoms with Crippen molar-refractivity contribution in [3.05, 3.63) is 90.0 Å². The maximum Gasteiger partial charge on any atom is 0.311 e. The minimum atomic E-state index is -3.71. The van der Waals surface area contributed by atoms with Crippen LogP contribution >= 0.6 is 0 Å². The molecule has 174 valence electrons. The first kappa shape index (κ1) is 23.2. The lowest BCUT2D eigenvalue weighted by Crippen LogP contribution is -2.31. The molecule has 9 heteroatoms. The number of anilines is 1. The molecule has 0 saturated heterocycles. The zero-order chi connectivity index (χ0) is 24.3. The van der Waals surface area contributed by atoms with Crippen molar-refractivity contribution < 1.29 is 27.5 Å². The number of nitrogens with zero attached hydrogens (tertiary/aromatic N) is 2. The third kappa shape index (κ3) is 4.55. The average molecular weight is 479 g/mol. The summed E-state index contributed by atoms with van der Waals surface area (Å²) in [4.78, 5) is 38.2. The summed E-state index contributed by atoms with van der Waals surface area (Å²) >= 11 is 0. The van der Waals surface area contributed by atoms with Crippen molar-refractivity contribution in [2.24, 2.45) is 0 Å². The fourth-order valence-electron chi connectivity index (χ4n) is 3.62. The van der Waals surface area contributed by atoms with Gasteiger partial charge in [0.25, 0.3) is 21.8 Å². The van der Waals surface area contributed by atoms with Crippen LogP contribution in [-0.4, -0.2) is 44.7 Å². The molecule has 0 aromatic heterocycles. The van der Waals surface area contributed by atoms with Crippen molar-refractivity contribution in [3.63, 3.8) is 0 Å². The van der Waals surface area contributed by atoms with E-state index in [-0.39, 0.29) is 41.8 Å². The van der Waals surface area contributed by atoms with E-state index in [0.29, 0.717) is 16.8 Å². The van der Waals surface area contributed by atoms with E-state index in [0.717, 1.165) is 9.21 Å². The van der Waals surface area contributed by atoms with Gasteiger partial charge in [-0.1, -0.05) is 30.3 Å². The third-order valence-electron chi connectivity index (χ3n) is 5.47. The predicted molar refractivity (Wildman–Crippen MR) is 125 cm³/mol. The zero-order valence-corrected chi connectivity index (χ0v) is 19.2. The van der Waals surface area contributed by atoms with E-state index in [4.69, 9.17) is 4.74 Å². The highest BCUT2D eigenvalue weighted by Crippen LogP contribution is 2.25. The van der Waals surface area contributed by atoms with Gasteiger partial charge in [0, 0.05) is 20.0 Å². The van der Waals surface area contributed by atoms with Gasteiger partial charge in [-0.05, 0) is 55.0 Å². The molecule has 0 unspecified atom stereocenters. The monoisotopic (exact) mass is 478 g/mol. The lowest BCUT2D eigenvalue weighted by molar-refractivity contribution is -0.134. The molecule has 1 aliphatic rings. The Morgan fingerprint density at radius 1 is 0.853 bits per heavy atom. The smallest absolute Gasteiger partial charge is 0.311 e. The van der Waals surface area contributed by atoms with Gasteiger partial charge in [0.2, 0.25) is 0 Å². The molecule has 3 aromatic rings. The van der Waals surface area contributed by atoms with Gasteiger partial charge in [-0.2, -0.15) is 0 Å². The molecule has 0 bridgehead atoms. The third-order valence-corrected chi connectivity index (χ3v) is 7.27. The number of rotatable bonds is 8. The number of hydrogen-bond acceptors (Lipinski definition) is 6. The molecule has 0 radical (unpaired) electrons. The first-order valence-corrected chi connectivity index (χ1v) is 12.0. The van der Waals surface area contributed by atoms with Gasteiger partial charge in [0.1, 0.15) is 5.75 Å². The van der Waals surface area contributed by atoms with Crippen LogP contribution in [-0.2, 0) is 14.8 Å². The summed E-state index contributed by atoms with van der Waals surface area (Å²) in [7, 11) is -2.26. The van der Waals surface area contributed by atoms with E-state index in [9.17, 15) is 22.8 Å². The molecule has 3 aromatic carbocycles. The van der Waals surface area contributed by atoms with Crippen LogP contribution in [0.4, 0.5) is 5.69 Å². The molecule has 1 heterocycles. The average Bonchev–Trinajstić information content (AvgIpc) is 3.09. The number of carbonyl (C=O) groups excluding carboxylic acids is 3. The Balaban J connectivity index is 1.31. The van der Waals surface area contributed by atoms with Gasteiger partial charge in [-0.15, -0.1) is 0 Å². The van der Waals surface area contributed by atoms with Crippen LogP contribution in [0.25, 0.3) is 0 Å².